The Morgan fingerprint density at radius 1 is 1.67 bits per heavy atom. The molecule has 0 saturated carbocycles. The van der Waals surface area contributed by atoms with Crippen LogP contribution in [-0.2, 0) is 6.54 Å². The van der Waals surface area contributed by atoms with Crippen LogP contribution in [0.1, 0.15) is 23.5 Å². The van der Waals surface area contributed by atoms with Gasteiger partial charge < -0.3 is 10.3 Å². The number of aromatic amines is 1. The highest BCUT2D eigenvalue weighted by atomic mass is 79.9. The normalized spacial score (nSPS) is 12.9. The summed E-state index contributed by atoms with van der Waals surface area (Å²) < 4.78 is 1.18. The fourth-order valence-corrected chi connectivity index (χ4v) is 3.10. The van der Waals surface area contributed by atoms with E-state index in [1.54, 1.807) is 17.7 Å². The maximum absolute atomic E-state index is 3.98. The van der Waals surface area contributed by atoms with Crippen LogP contribution in [0.25, 0.3) is 0 Å². The van der Waals surface area contributed by atoms with Crippen LogP contribution in [0.15, 0.2) is 28.4 Å². The zero-order valence-electron chi connectivity index (χ0n) is 8.33. The zero-order valence-corrected chi connectivity index (χ0v) is 10.7. The van der Waals surface area contributed by atoms with E-state index in [0.29, 0.717) is 6.04 Å². The molecule has 2 aromatic heterocycles. The van der Waals surface area contributed by atoms with Gasteiger partial charge in [0.05, 0.1) is 6.33 Å². The molecule has 2 aromatic rings. The van der Waals surface area contributed by atoms with Gasteiger partial charge >= 0.3 is 0 Å². The number of hydrogen-bond donors (Lipinski definition) is 2. The molecule has 0 aliphatic carbocycles. The number of thiophene rings is 1. The van der Waals surface area contributed by atoms with Gasteiger partial charge in [-0.3, -0.25) is 0 Å². The van der Waals surface area contributed by atoms with Gasteiger partial charge in [-0.05, 0) is 34.3 Å². The summed E-state index contributed by atoms with van der Waals surface area (Å²) in [6, 6.07) is 2.43. The molecule has 15 heavy (non-hydrogen) atoms. The summed E-state index contributed by atoms with van der Waals surface area (Å²) in [5.41, 5.74) is 1.11. The summed E-state index contributed by atoms with van der Waals surface area (Å²) in [6.45, 7) is 2.97. The standard InChI is InChI=1S/C10H12BrN3S/c1-7(10-9(11)2-3-15-10)13-5-8-4-12-6-14-8/h2-4,6-7,13H,5H2,1H3,(H,12,14). The molecule has 80 valence electrons. The zero-order chi connectivity index (χ0) is 10.7. The van der Waals surface area contributed by atoms with Gasteiger partial charge in [-0.2, -0.15) is 0 Å². The van der Waals surface area contributed by atoms with Crippen LogP contribution >= 0.6 is 27.3 Å². The molecule has 2 N–H and O–H groups in total. The maximum atomic E-state index is 3.98. The van der Waals surface area contributed by atoms with E-state index in [0.717, 1.165) is 12.2 Å². The Balaban J connectivity index is 1.93. The summed E-state index contributed by atoms with van der Waals surface area (Å²) in [5, 5.41) is 5.53. The fourth-order valence-electron chi connectivity index (χ4n) is 1.35. The quantitative estimate of drug-likeness (QED) is 0.906. The molecule has 2 heterocycles. The van der Waals surface area contributed by atoms with Crippen molar-refractivity contribution >= 4 is 27.3 Å². The Hall–Kier alpha value is -0.650. The Kier molecular flexibility index (Phi) is 3.56. The lowest BCUT2D eigenvalue weighted by molar-refractivity contribution is 0.575. The first-order valence-electron chi connectivity index (χ1n) is 4.71. The number of aromatic nitrogens is 2. The van der Waals surface area contributed by atoms with Crippen molar-refractivity contribution in [1.82, 2.24) is 15.3 Å². The molecule has 0 radical (unpaired) electrons. The van der Waals surface area contributed by atoms with Gasteiger partial charge in [-0.25, -0.2) is 4.98 Å². The van der Waals surface area contributed by atoms with Crippen LogP contribution in [-0.4, -0.2) is 9.97 Å². The van der Waals surface area contributed by atoms with Gasteiger partial charge in [-0.1, -0.05) is 0 Å². The average Bonchev–Trinajstić information content (AvgIpc) is 2.84. The maximum Gasteiger partial charge on any atom is 0.0922 e. The number of nitrogens with one attached hydrogen (secondary N) is 2. The highest BCUT2D eigenvalue weighted by Crippen LogP contribution is 2.28. The van der Waals surface area contributed by atoms with E-state index >= 15 is 0 Å². The third kappa shape index (κ3) is 2.68. The van der Waals surface area contributed by atoms with Gasteiger partial charge in [0, 0.05) is 33.8 Å². The van der Waals surface area contributed by atoms with Crippen molar-refractivity contribution in [3.63, 3.8) is 0 Å². The van der Waals surface area contributed by atoms with Crippen LogP contribution in [0, 0.1) is 0 Å². The number of imidazole rings is 1. The van der Waals surface area contributed by atoms with Crippen molar-refractivity contribution < 1.29 is 0 Å². The van der Waals surface area contributed by atoms with Gasteiger partial charge in [-0.15, -0.1) is 11.3 Å². The highest BCUT2D eigenvalue weighted by Gasteiger charge is 2.09. The van der Waals surface area contributed by atoms with E-state index in [1.807, 2.05) is 6.20 Å². The predicted octanol–water partition coefficient (Wildman–Crippen LogP) is 3.08. The lowest BCUT2D eigenvalue weighted by atomic mass is 10.2. The third-order valence-corrected chi connectivity index (χ3v) is 4.25. The minimum absolute atomic E-state index is 0.350. The van der Waals surface area contributed by atoms with Crippen molar-refractivity contribution in [2.45, 2.75) is 19.5 Å². The Morgan fingerprint density at radius 3 is 3.13 bits per heavy atom. The van der Waals surface area contributed by atoms with Crippen LogP contribution in [0.3, 0.4) is 0 Å². The minimum atomic E-state index is 0.350. The van der Waals surface area contributed by atoms with Crippen LogP contribution in [0.5, 0.6) is 0 Å². The third-order valence-electron chi connectivity index (χ3n) is 2.19. The number of rotatable bonds is 4. The van der Waals surface area contributed by atoms with E-state index in [-0.39, 0.29) is 0 Å². The molecular formula is C10H12BrN3S. The molecule has 0 aliphatic heterocycles. The first-order chi connectivity index (χ1) is 7.27. The summed E-state index contributed by atoms with van der Waals surface area (Å²) in [6.07, 6.45) is 3.53. The molecule has 0 aromatic carbocycles. The molecule has 0 aliphatic rings. The molecule has 0 spiro atoms. The first-order valence-corrected chi connectivity index (χ1v) is 6.38. The Bertz CT molecular complexity index is 410. The number of hydrogen-bond acceptors (Lipinski definition) is 3. The second-order valence-electron chi connectivity index (χ2n) is 3.31. The monoisotopic (exact) mass is 285 g/mol. The molecule has 2 rings (SSSR count). The molecule has 3 nitrogen and oxygen atoms in total. The smallest absolute Gasteiger partial charge is 0.0922 e. The predicted molar refractivity (Wildman–Crippen MR) is 65.9 cm³/mol. The first kappa shape index (κ1) is 10.9. The summed E-state index contributed by atoms with van der Waals surface area (Å²) >= 11 is 5.30. The van der Waals surface area contributed by atoms with E-state index in [1.165, 1.54) is 9.35 Å². The minimum Gasteiger partial charge on any atom is -0.347 e. The number of nitrogens with zero attached hydrogens (tertiary/aromatic N) is 1. The Labute approximate surface area is 101 Å². The summed E-state index contributed by atoms with van der Waals surface area (Å²) in [4.78, 5) is 8.38. The Morgan fingerprint density at radius 2 is 2.53 bits per heavy atom. The van der Waals surface area contributed by atoms with Gasteiger partial charge in [0.2, 0.25) is 0 Å². The summed E-state index contributed by atoms with van der Waals surface area (Å²) in [5.74, 6) is 0. The number of H-pyrrole nitrogens is 1. The van der Waals surface area contributed by atoms with Gasteiger partial charge in [0.1, 0.15) is 0 Å². The molecular weight excluding hydrogens is 274 g/mol. The average molecular weight is 286 g/mol. The topological polar surface area (TPSA) is 40.7 Å². The van der Waals surface area contributed by atoms with Crippen molar-refractivity contribution in [2.24, 2.45) is 0 Å². The molecule has 0 bridgehead atoms. The van der Waals surface area contributed by atoms with Gasteiger partial charge in [0.15, 0.2) is 0 Å². The van der Waals surface area contributed by atoms with Crippen molar-refractivity contribution in [3.8, 4) is 0 Å². The molecule has 0 fully saturated rings. The molecule has 1 unspecified atom stereocenters. The van der Waals surface area contributed by atoms with Crippen LogP contribution < -0.4 is 5.32 Å². The van der Waals surface area contributed by atoms with Gasteiger partial charge in [0.25, 0.3) is 0 Å². The SMILES string of the molecule is CC(NCc1cnc[nH]1)c1sccc1Br. The highest BCUT2D eigenvalue weighted by molar-refractivity contribution is 9.10. The second-order valence-corrected chi connectivity index (χ2v) is 5.11. The summed E-state index contributed by atoms with van der Waals surface area (Å²) in [7, 11) is 0. The fraction of sp³-hybridized carbons (Fsp3) is 0.300. The van der Waals surface area contributed by atoms with E-state index in [2.05, 4.69) is 49.6 Å². The molecule has 0 saturated heterocycles. The number of halogens is 1. The van der Waals surface area contributed by atoms with E-state index < -0.39 is 0 Å². The van der Waals surface area contributed by atoms with E-state index in [4.69, 9.17) is 0 Å². The second kappa shape index (κ2) is 4.92. The van der Waals surface area contributed by atoms with E-state index in [9.17, 15) is 0 Å². The van der Waals surface area contributed by atoms with Crippen LogP contribution in [0.4, 0.5) is 0 Å². The molecule has 5 heteroatoms. The largest absolute Gasteiger partial charge is 0.347 e. The lowest BCUT2D eigenvalue weighted by Crippen LogP contribution is -2.17. The van der Waals surface area contributed by atoms with Crippen LogP contribution in [0.2, 0.25) is 0 Å². The molecule has 1 atom stereocenters. The van der Waals surface area contributed by atoms with Crippen molar-refractivity contribution in [3.05, 3.63) is 39.0 Å². The lowest BCUT2D eigenvalue weighted by Gasteiger charge is -2.11. The molecule has 0 amide bonds. The van der Waals surface area contributed by atoms with Crippen molar-refractivity contribution in [1.29, 1.82) is 0 Å². The van der Waals surface area contributed by atoms with Crippen molar-refractivity contribution in [2.75, 3.05) is 0 Å².